The lowest BCUT2D eigenvalue weighted by molar-refractivity contribution is -0.115. The molecule has 1 aliphatic heterocycles. The number of hydrogen-bond acceptors (Lipinski definition) is 6. The Balaban J connectivity index is 1.80. The van der Waals surface area contributed by atoms with Gasteiger partial charge in [-0.15, -0.1) is 0 Å². The van der Waals surface area contributed by atoms with Crippen LogP contribution in [0, 0.1) is 0 Å². The number of piperazine rings is 1. The van der Waals surface area contributed by atoms with E-state index >= 15 is 0 Å². The van der Waals surface area contributed by atoms with Crippen LogP contribution in [0.5, 0.6) is 0 Å². The second-order valence-corrected chi connectivity index (χ2v) is 12.0. The number of sulfonamides is 2. The predicted octanol–water partition coefficient (Wildman–Crippen LogP) is 2.08. The molecule has 1 fully saturated rings. The summed E-state index contributed by atoms with van der Waals surface area (Å²) < 4.78 is 55.7. The fourth-order valence-electron chi connectivity index (χ4n) is 3.83. The number of hydrogen-bond donors (Lipinski definition) is 2. The number of nitrogens with one attached hydrogen (secondary N) is 2. The fraction of sp³-hybridized carbons (Fsp3) is 0.364. The van der Waals surface area contributed by atoms with Gasteiger partial charge in [0.25, 0.3) is 0 Å². The summed E-state index contributed by atoms with van der Waals surface area (Å²) in [5.41, 5.74) is 0.960. The molecule has 0 saturated carbocycles. The molecular formula is C22H28N4O6S2. The summed E-state index contributed by atoms with van der Waals surface area (Å²) in [7, 11) is -7.76. The number of carbonyl (C=O) groups excluding carboxylic acids is 2. The van der Waals surface area contributed by atoms with E-state index in [4.69, 9.17) is 0 Å². The molecule has 2 unspecified atom stereocenters. The van der Waals surface area contributed by atoms with Gasteiger partial charge in [-0.2, -0.15) is 8.61 Å². The molecule has 0 bridgehead atoms. The van der Waals surface area contributed by atoms with Crippen molar-refractivity contribution in [2.24, 2.45) is 0 Å². The van der Waals surface area contributed by atoms with Crippen molar-refractivity contribution >= 4 is 43.2 Å². The van der Waals surface area contributed by atoms with Gasteiger partial charge in [-0.05, 0) is 62.4 Å². The van der Waals surface area contributed by atoms with Gasteiger partial charge in [-0.3, -0.25) is 9.59 Å². The number of amides is 2. The van der Waals surface area contributed by atoms with Gasteiger partial charge < -0.3 is 10.6 Å². The number of carbonyl (C=O) groups is 2. The number of nitrogens with zero attached hydrogens (tertiary/aromatic N) is 2. The highest BCUT2D eigenvalue weighted by molar-refractivity contribution is 7.89. The highest BCUT2D eigenvalue weighted by Crippen LogP contribution is 2.29. The molecule has 34 heavy (non-hydrogen) atoms. The highest BCUT2D eigenvalue weighted by Gasteiger charge is 2.41. The van der Waals surface area contributed by atoms with Gasteiger partial charge in [0.15, 0.2) is 0 Å². The van der Waals surface area contributed by atoms with E-state index in [0.717, 1.165) is 0 Å². The van der Waals surface area contributed by atoms with Gasteiger partial charge in [0, 0.05) is 50.4 Å². The van der Waals surface area contributed by atoms with Gasteiger partial charge in [0.05, 0.1) is 9.79 Å². The van der Waals surface area contributed by atoms with Crippen LogP contribution in [0.25, 0.3) is 0 Å². The van der Waals surface area contributed by atoms with E-state index in [1.165, 1.54) is 71.0 Å². The van der Waals surface area contributed by atoms with Crippen LogP contribution in [0.2, 0.25) is 0 Å². The molecule has 12 heteroatoms. The van der Waals surface area contributed by atoms with Crippen molar-refractivity contribution in [2.75, 3.05) is 23.7 Å². The standard InChI is InChI=1S/C22H28N4O6S2/c1-15-13-26(34(31,32)22-11-7-20(8-12-22)24-18(4)28)16(2)14-25(15)33(29,30)21-9-5-19(6-10-21)23-17(3)27/h5-12,15-16H,13-14H2,1-4H3,(H,23,27)(H,24,28). The third-order valence-electron chi connectivity index (χ3n) is 5.43. The Labute approximate surface area is 200 Å². The van der Waals surface area contributed by atoms with Crippen LogP contribution in [0.15, 0.2) is 58.3 Å². The molecule has 10 nitrogen and oxygen atoms in total. The van der Waals surface area contributed by atoms with Crippen molar-refractivity contribution in [1.29, 1.82) is 0 Å². The number of benzene rings is 2. The topological polar surface area (TPSA) is 133 Å². The summed E-state index contributed by atoms with van der Waals surface area (Å²) in [6.07, 6.45) is 0. The Bertz CT molecular complexity index is 1170. The molecule has 3 rings (SSSR count). The lowest BCUT2D eigenvalue weighted by atomic mass is 10.2. The highest BCUT2D eigenvalue weighted by atomic mass is 32.2. The van der Waals surface area contributed by atoms with E-state index in [2.05, 4.69) is 10.6 Å². The SMILES string of the molecule is CC(=O)Nc1ccc(S(=O)(=O)N2CC(C)N(S(=O)(=O)c3ccc(NC(C)=O)cc3)CC2C)cc1. The van der Waals surface area contributed by atoms with E-state index in [1.807, 2.05) is 0 Å². The van der Waals surface area contributed by atoms with Crippen LogP contribution in [0.4, 0.5) is 11.4 Å². The molecule has 1 aliphatic rings. The molecule has 0 aliphatic carbocycles. The fourth-order valence-corrected chi connectivity index (χ4v) is 7.24. The summed E-state index contributed by atoms with van der Waals surface area (Å²) in [4.78, 5) is 22.5. The van der Waals surface area contributed by atoms with Gasteiger partial charge in [-0.25, -0.2) is 16.8 Å². The van der Waals surface area contributed by atoms with Crippen LogP contribution in [-0.4, -0.2) is 62.4 Å². The zero-order valence-electron chi connectivity index (χ0n) is 19.3. The average molecular weight is 509 g/mol. The number of rotatable bonds is 6. The smallest absolute Gasteiger partial charge is 0.243 e. The van der Waals surface area contributed by atoms with Crippen molar-refractivity contribution in [2.45, 2.75) is 49.6 Å². The van der Waals surface area contributed by atoms with Gasteiger partial charge >= 0.3 is 0 Å². The van der Waals surface area contributed by atoms with Crippen LogP contribution in [-0.2, 0) is 29.6 Å². The van der Waals surface area contributed by atoms with Crippen LogP contribution in [0.3, 0.4) is 0 Å². The molecule has 2 atom stereocenters. The van der Waals surface area contributed by atoms with E-state index in [9.17, 15) is 26.4 Å². The first kappa shape index (κ1) is 25.8. The minimum Gasteiger partial charge on any atom is -0.326 e. The molecule has 1 heterocycles. The van der Waals surface area contributed by atoms with Crippen LogP contribution >= 0.6 is 0 Å². The van der Waals surface area contributed by atoms with Crippen LogP contribution < -0.4 is 10.6 Å². The quantitative estimate of drug-likeness (QED) is 0.614. The molecular weight excluding hydrogens is 480 g/mol. The largest absolute Gasteiger partial charge is 0.326 e. The number of anilines is 2. The third kappa shape index (κ3) is 5.46. The minimum atomic E-state index is -3.88. The van der Waals surface area contributed by atoms with E-state index < -0.39 is 32.1 Å². The van der Waals surface area contributed by atoms with Crippen molar-refractivity contribution in [3.63, 3.8) is 0 Å². The minimum absolute atomic E-state index is 0.0137. The first-order chi connectivity index (χ1) is 15.8. The molecule has 184 valence electrons. The summed E-state index contributed by atoms with van der Waals surface area (Å²) >= 11 is 0. The Morgan fingerprint density at radius 1 is 0.676 bits per heavy atom. The van der Waals surface area contributed by atoms with Crippen molar-refractivity contribution in [1.82, 2.24) is 8.61 Å². The molecule has 0 aromatic heterocycles. The Morgan fingerprint density at radius 3 is 1.24 bits per heavy atom. The van der Waals surface area contributed by atoms with Crippen molar-refractivity contribution < 1.29 is 26.4 Å². The Kier molecular flexibility index (Phi) is 7.46. The van der Waals surface area contributed by atoms with Crippen molar-refractivity contribution in [3.05, 3.63) is 48.5 Å². The summed E-state index contributed by atoms with van der Waals surface area (Å²) in [6.45, 7) is 6.02. The van der Waals surface area contributed by atoms with E-state index in [-0.39, 0.29) is 34.7 Å². The average Bonchev–Trinajstić information content (AvgIpc) is 2.75. The summed E-state index contributed by atoms with van der Waals surface area (Å²) in [5, 5.41) is 5.18. The van der Waals surface area contributed by atoms with E-state index in [0.29, 0.717) is 11.4 Å². The van der Waals surface area contributed by atoms with Gasteiger partial charge in [-0.1, -0.05) is 0 Å². The predicted molar refractivity (Wildman–Crippen MR) is 128 cm³/mol. The van der Waals surface area contributed by atoms with Gasteiger partial charge in [0.2, 0.25) is 31.9 Å². The zero-order chi connectivity index (χ0) is 25.3. The maximum Gasteiger partial charge on any atom is 0.243 e. The molecule has 2 aromatic rings. The lowest BCUT2D eigenvalue weighted by Gasteiger charge is -2.42. The molecule has 0 spiro atoms. The molecule has 2 N–H and O–H groups in total. The second-order valence-electron chi connectivity index (χ2n) is 8.26. The Hall–Kier alpha value is -2.80. The maximum atomic E-state index is 13.3. The van der Waals surface area contributed by atoms with Crippen molar-refractivity contribution in [3.8, 4) is 0 Å². The Morgan fingerprint density at radius 2 is 0.971 bits per heavy atom. The summed E-state index contributed by atoms with van der Waals surface area (Å²) in [5.74, 6) is -0.528. The maximum absolute atomic E-state index is 13.3. The monoisotopic (exact) mass is 508 g/mol. The van der Waals surface area contributed by atoms with E-state index in [1.54, 1.807) is 13.8 Å². The molecule has 2 aromatic carbocycles. The zero-order valence-corrected chi connectivity index (χ0v) is 21.0. The lowest BCUT2D eigenvalue weighted by Crippen LogP contribution is -2.59. The van der Waals surface area contributed by atoms with Gasteiger partial charge in [0.1, 0.15) is 0 Å². The molecule has 2 amide bonds. The third-order valence-corrected chi connectivity index (χ3v) is 9.42. The first-order valence-electron chi connectivity index (χ1n) is 10.6. The second kappa shape index (κ2) is 9.82. The summed E-state index contributed by atoms with van der Waals surface area (Å²) in [6, 6.07) is 10.5. The molecule has 1 saturated heterocycles. The van der Waals surface area contributed by atoms with Crippen LogP contribution in [0.1, 0.15) is 27.7 Å². The molecule has 0 radical (unpaired) electrons. The first-order valence-corrected chi connectivity index (χ1v) is 13.5. The normalized spacial score (nSPS) is 20.0.